The van der Waals surface area contributed by atoms with Gasteiger partial charge >= 0.3 is 5.97 Å². The number of unbranched alkanes of at least 4 members (excludes halogenated alkanes) is 48. The molecule has 438 valence electrons. The Labute approximate surface area is 462 Å². The van der Waals surface area contributed by atoms with Crippen LogP contribution in [-0.4, -0.2) is 47.4 Å². The van der Waals surface area contributed by atoms with Crippen LogP contribution >= 0.6 is 0 Å². The van der Waals surface area contributed by atoms with E-state index in [1.807, 2.05) is 0 Å². The number of carbonyl (C=O) groups is 2. The zero-order valence-electron chi connectivity index (χ0n) is 50.1. The van der Waals surface area contributed by atoms with E-state index in [9.17, 15) is 19.8 Å². The van der Waals surface area contributed by atoms with Crippen molar-refractivity contribution in [2.45, 2.75) is 386 Å². The van der Waals surface area contributed by atoms with Gasteiger partial charge in [0.25, 0.3) is 0 Å². The molecule has 0 aromatic rings. The second-order valence-electron chi connectivity index (χ2n) is 23.2. The molecule has 0 aliphatic heterocycles. The first-order valence-electron chi connectivity index (χ1n) is 33.6. The molecule has 6 heteroatoms. The van der Waals surface area contributed by atoms with Gasteiger partial charge in [0.1, 0.15) is 0 Å². The number of hydrogen-bond donors (Lipinski definition) is 3. The minimum Gasteiger partial charge on any atom is -0.466 e. The molecule has 0 saturated heterocycles. The Morgan fingerprint density at radius 1 is 0.378 bits per heavy atom. The van der Waals surface area contributed by atoms with E-state index in [2.05, 4.69) is 43.5 Å². The number of esters is 1. The van der Waals surface area contributed by atoms with Gasteiger partial charge in [-0.1, -0.05) is 327 Å². The summed E-state index contributed by atoms with van der Waals surface area (Å²) in [5.74, 6) is -0.0351. The van der Waals surface area contributed by atoms with Crippen LogP contribution in [0.2, 0.25) is 0 Å². The van der Waals surface area contributed by atoms with E-state index in [1.54, 1.807) is 0 Å². The lowest BCUT2D eigenvalue weighted by atomic mass is 10.0. The molecular formula is C68H131NO5. The average molecular weight is 1040 g/mol. The van der Waals surface area contributed by atoms with Gasteiger partial charge in [0, 0.05) is 12.8 Å². The molecule has 0 aromatic carbocycles. The molecule has 6 nitrogen and oxygen atoms in total. The highest BCUT2D eigenvalue weighted by Gasteiger charge is 2.20. The summed E-state index contributed by atoms with van der Waals surface area (Å²) < 4.78 is 5.49. The standard InChI is InChI=1S/C68H131NO5/c1-3-5-7-9-11-13-15-17-19-21-22-23-26-29-32-36-40-44-48-52-56-60-66(71)65(64-70)69-67(72)61-57-53-49-45-41-37-33-30-27-24-25-28-31-35-39-43-47-51-55-59-63-74-68(73)62-58-54-50-46-42-38-34-20-18-16-14-12-10-8-6-4-2/h14,16,20,34,65-66,70-71H,3-13,15,17-19,21-33,35-64H2,1-2H3,(H,69,72)/b16-14-,34-20-. The Morgan fingerprint density at radius 2 is 0.676 bits per heavy atom. The van der Waals surface area contributed by atoms with Crippen molar-refractivity contribution in [2.24, 2.45) is 0 Å². The summed E-state index contributed by atoms with van der Waals surface area (Å²) >= 11 is 0. The molecule has 0 spiro atoms. The number of aliphatic hydroxyl groups is 2. The van der Waals surface area contributed by atoms with Gasteiger partial charge in [-0.3, -0.25) is 9.59 Å². The summed E-state index contributed by atoms with van der Waals surface area (Å²) in [6.45, 7) is 4.96. The van der Waals surface area contributed by atoms with E-state index >= 15 is 0 Å². The third-order valence-electron chi connectivity index (χ3n) is 15.8. The van der Waals surface area contributed by atoms with Gasteiger partial charge in [-0.15, -0.1) is 0 Å². The highest BCUT2D eigenvalue weighted by Crippen LogP contribution is 2.19. The van der Waals surface area contributed by atoms with Crippen molar-refractivity contribution in [3.05, 3.63) is 24.3 Å². The summed E-state index contributed by atoms with van der Waals surface area (Å²) in [5, 5.41) is 23.4. The Hall–Kier alpha value is -1.66. The zero-order valence-corrected chi connectivity index (χ0v) is 50.1. The number of allylic oxidation sites excluding steroid dienone is 4. The first-order chi connectivity index (χ1) is 36.5. The Kier molecular flexibility index (Phi) is 62.4. The SMILES string of the molecule is CCCCCC/C=C\C/C=C\CCCCCCCC(=O)OCCCCCCCCCCCCCCCCCCCCCCC(=O)NC(CO)C(O)CCCCCCCCCCCCCCCCCCCCCCC. The molecule has 0 aliphatic carbocycles. The van der Waals surface area contributed by atoms with Gasteiger partial charge in [0.15, 0.2) is 0 Å². The maximum atomic E-state index is 12.5. The predicted molar refractivity (Wildman–Crippen MR) is 324 cm³/mol. The fourth-order valence-corrected chi connectivity index (χ4v) is 10.6. The molecular weight excluding hydrogens is 911 g/mol. The van der Waals surface area contributed by atoms with E-state index in [4.69, 9.17) is 4.74 Å². The van der Waals surface area contributed by atoms with Crippen LogP contribution in [0, 0.1) is 0 Å². The van der Waals surface area contributed by atoms with Crippen molar-refractivity contribution < 1.29 is 24.5 Å². The van der Waals surface area contributed by atoms with Crippen molar-refractivity contribution in [2.75, 3.05) is 13.2 Å². The van der Waals surface area contributed by atoms with E-state index in [1.165, 1.54) is 289 Å². The predicted octanol–water partition coefficient (Wildman–Crippen LogP) is 21.4. The van der Waals surface area contributed by atoms with Crippen molar-refractivity contribution in [3.8, 4) is 0 Å². The van der Waals surface area contributed by atoms with Crippen molar-refractivity contribution in [1.82, 2.24) is 5.32 Å². The molecule has 0 aromatic heterocycles. The number of carbonyl (C=O) groups excluding carboxylic acids is 2. The van der Waals surface area contributed by atoms with Crippen LogP contribution in [0.25, 0.3) is 0 Å². The summed E-state index contributed by atoms with van der Waals surface area (Å²) in [7, 11) is 0. The largest absolute Gasteiger partial charge is 0.466 e. The van der Waals surface area contributed by atoms with E-state index in [0.29, 0.717) is 25.9 Å². The maximum absolute atomic E-state index is 12.5. The normalized spacial score (nSPS) is 12.6. The molecule has 3 N–H and O–H groups in total. The molecule has 0 aliphatic rings. The topological polar surface area (TPSA) is 95.9 Å². The fourth-order valence-electron chi connectivity index (χ4n) is 10.6. The maximum Gasteiger partial charge on any atom is 0.305 e. The first-order valence-corrected chi connectivity index (χ1v) is 33.6. The minimum absolute atomic E-state index is 0.00194. The number of amides is 1. The Bertz CT molecular complexity index is 1150. The van der Waals surface area contributed by atoms with Crippen molar-refractivity contribution >= 4 is 11.9 Å². The smallest absolute Gasteiger partial charge is 0.305 e. The van der Waals surface area contributed by atoms with Crippen LogP contribution in [0.3, 0.4) is 0 Å². The Morgan fingerprint density at radius 3 is 1.04 bits per heavy atom. The second kappa shape index (κ2) is 63.9. The van der Waals surface area contributed by atoms with Crippen molar-refractivity contribution in [3.63, 3.8) is 0 Å². The van der Waals surface area contributed by atoms with Crippen LogP contribution < -0.4 is 5.32 Å². The quantitative estimate of drug-likeness (QED) is 0.0320. The van der Waals surface area contributed by atoms with Crippen molar-refractivity contribution in [1.29, 1.82) is 0 Å². The number of rotatable bonds is 63. The molecule has 2 unspecified atom stereocenters. The third kappa shape index (κ3) is 59.6. The lowest BCUT2D eigenvalue weighted by molar-refractivity contribution is -0.143. The second-order valence-corrected chi connectivity index (χ2v) is 23.2. The summed E-state index contributed by atoms with van der Waals surface area (Å²) in [6, 6.07) is -0.544. The Balaban J connectivity index is 3.40. The molecule has 0 heterocycles. The van der Waals surface area contributed by atoms with Crippen LogP contribution in [-0.2, 0) is 14.3 Å². The van der Waals surface area contributed by atoms with E-state index < -0.39 is 12.1 Å². The van der Waals surface area contributed by atoms with Gasteiger partial charge < -0.3 is 20.3 Å². The van der Waals surface area contributed by atoms with Gasteiger partial charge in [-0.25, -0.2) is 0 Å². The third-order valence-corrected chi connectivity index (χ3v) is 15.8. The minimum atomic E-state index is -0.667. The lowest BCUT2D eigenvalue weighted by Crippen LogP contribution is -2.45. The lowest BCUT2D eigenvalue weighted by Gasteiger charge is -2.22. The molecule has 0 saturated carbocycles. The molecule has 74 heavy (non-hydrogen) atoms. The summed E-state index contributed by atoms with van der Waals surface area (Å²) in [4.78, 5) is 24.6. The number of ether oxygens (including phenoxy) is 1. The summed E-state index contributed by atoms with van der Waals surface area (Å²) in [6.07, 6.45) is 79.1. The molecule has 1 amide bonds. The first kappa shape index (κ1) is 72.3. The zero-order chi connectivity index (χ0) is 53.6. The number of hydrogen-bond acceptors (Lipinski definition) is 5. The van der Waals surface area contributed by atoms with Gasteiger partial charge in [0.2, 0.25) is 5.91 Å². The number of aliphatic hydroxyl groups excluding tert-OH is 2. The highest BCUT2D eigenvalue weighted by atomic mass is 16.5. The molecule has 0 bridgehead atoms. The average Bonchev–Trinajstić information content (AvgIpc) is 3.40. The monoisotopic (exact) mass is 1040 g/mol. The highest BCUT2D eigenvalue weighted by molar-refractivity contribution is 5.76. The molecule has 0 fully saturated rings. The van der Waals surface area contributed by atoms with Crippen LogP contribution in [0.4, 0.5) is 0 Å². The van der Waals surface area contributed by atoms with Crippen LogP contribution in [0.5, 0.6) is 0 Å². The fraction of sp³-hybridized carbons (Fsp3) is 0.912. The summed E-state index contributed by atoms with van der Waals surface area (Å²) in [5.41, 5.74) is 0. The molecule has 2 atom stereocenters. The van der Waals surface area contributed by atoms with Gasteiger partial charge in [0.05, 0.1) is 25.4 Å². The van der Waals surface area contributed by atoms with Crippen LogP contribution in [0.15, 0.2) is 24.3 Å². The van der Waals surface area contributed by atoms with E-state index in [0.717, 1.165) is 51.4 Å². The number of nitrogens with one attached hydrogen (secondary N) is 1. The molecule has 0 radical (unpaired) electrons. The van der Waals surface area contributed by atoms with E-state index in [-0.39, 0.29) is 18.5 Å². The van der Waals surface area contributed by atoms with Crippen LogP contribution in [0.1, 0.15) is 373 Å². The van der Waals surface area contributed by atoms with Gasteiger partial charge in [-0.05, 0) is 57.8 Å². The molecule has 0 rings (SSSR count). The van der Waals surface area contributed by atoms with Gasteiger partial charge in [-0.2, -0.15) is 0 Å².